The fourth-order valence-corrected chi connectivity index (χ4v) is 3.23. The lowest BCUT2D eigenvalue weighted by molar-refractivity contribution is 0.102. The van der Waals surface area contributed by atoms with E-state index in [0.29, 0.717) is 24.2 Å². The number of fused-ring (bicyclic) bond motifs is 3. The average molecular weight is 288 g/mol. The molecule has 2 aromatic heterocycles. The van der Waals surface area contributed by atoms with Gasteiger partial charge in [-0.3, -0.25) is 5.10 Å². The number of anilines is 2. The van der Waals surface area contributed by atoms with Crippen molar-refractivity contribution in [2.24, 2.45) is 0 Å². The molecule has 2 fully saturated rings. The van der Waals surface area contributed by atoms with Crippen molar-refractivity contribution in [2.45, 2.75) is 50.9 Å². The van der Waals surface area contributed by atoms with Crippen molar-refractivity contribution < 1.29 is 4.74 Å². The van der Waals surface area contributed by atoms with Crippen LogP contribution in [0.15, 0.2) is 6.20 Å². The molecule has 7 nitrogen and oxygen atoms in total. The molecule has 3 atom stereocenters. The van der Waals surface area contributed by atoms with Crippen molar-refractivity contribution in [3.8, 4) is 0 Å². The highest BCUT2D eigenvalue weighted by molar-refractivity contribution is 5.87. The van der Waals surface area contributed by atoms with E-state index in [1.807, 2.05) is 0 Å². The van der Waals surface area contributed by atoms with Crippen molar-refractivity contribution in [3.05, 3.63) is 6.20 Å². The fraction of sp³-hybridized carbons (Fsp3) is 0.643. The summed E-state index contributed by atoms with van der Waals surface area (Å²) in [6, 6.07) is 0.343. The normalized spacial score (nSPS) is 27.4. The van der Waals surface area contributed by atoms with Crippen LogP contribution in [0.1, 0.15) is 32.6 Å². The third kappa shape index (κ3) is 2.31. The van der Waals surface area contributed by atoms with E-state index in [2.05, 4.69) is 37.7 Å². The van der Waals surface area contributed by atoms with Crippen LogP contribution in [0.25, 0.3) is 11.0 Å². The van der Waals surface area contributed by atoms with E-state index in [0.717, 1.165) is 42.7 Å². The summed E-state index contributed by atoms with van der Waals surface area (Å²) in [6.07, 6.45) is 6.94. The quantitative estimate of drug-likeness (QED) is 0.779. The minimum Gasteiger partial charge on any atom is -0.373 e. The van der Waals surface area contributed by atoms with Crippen molar-refractivity contribution in [1.82, 2.24) is 20.2 Å². The average Bonchev–Trinajstić information content (AvgIpc) is 3.20. The first-order chi connectivity index (χ1) is 10.3. The molecule has 2 aliphatic heterocycles. The number of hydrogen-bond acceptors (Lipinski definition) is 6. The maximum absolute atomic E-state index is 5.90. The highest BCUT2D eigenvalue weighted by Gasteiger charge is 2.41. The first kappa shape index (κ1) is 12.8. The lowest BCUT2D eigenvalue weighted by Gasteiger charge is -2.21. The number of H-pyrrole nitrogens is 1. The molecule has 2 saturated heterocycles. The van der Waals surface area contributed by atoms with E-state index in [9.17, 15) is 0 Å². The minimum atomic E-state index is 0.318. The SMILES string of the molecule is CCCNc1nc(NC2CC3CCC2O3)c2cn[nH]c2n1. The molecule has 4 heterocycles. The van der Waals surface area contributed by atoms with Gasteiger partial charge in [0.05, 0.1) is 29.8 Å². The summed E-state index contributed by atoms with van der Waals surface area (Å²) in [7, 11) is 0. The monoisotopic (exact) mass is 288 g/mol. The molecular formula is C14H20N6O. The molecule has 21 heavy (non-hydrogen) atoms. The minimum absolute atomic E-state index is 0.318. The van der Waals surface area contributed by atoms with Gasteiger partial charge in [-0.2, -0.15) is 15.1 Å². The molecule has 3 N–H and O–H groups in total. The Morgan fingerprint density at radius 2 is 2.33 bits per heavy atom. The van der Waals surface area contributed by atoms with Gasteiger partial charge < -0.3 is 15.4 Å². The van der Waals surface area contributed by atoms with Gasteiger partial charge in [-0.25, -0.2) is 0 Å². The summed E-state index contributed by atoms with van der Waals surface area (Å²) in [5.41, 5.74) is 0.759. The Hall–Kier alpha value is -1.89. The number of hydrogen-bond donors (Lipinski definition) is 3. The molecule has 2 aromatic rings. The van der Waals surface area contributed by atoms with Crippen LogP contribution in [-0.4, -0.2) is 45.0 Å². The highest BCUT2D eigenvalue weighted by atomic mass is 16.5. The molecule has 2 aliphatic rings. The number of ether oxygens (including phenoxy) is 1. The second-order valence-electron chi connectivity index (χ2n) is 5.82. The van der Waals surface area contributed by atoms with E-state index in [1.165, 1.54) is 6.42 Å². The lowest BCUT2D eigenvalue weighted by Crippen LogP contribution is -2.31. The van der Waals surface area contributed by atoms with Gasteiger partial charge in [-0.15, -0.1) is 0 Å². The van der Waals surface area contributed by atoms with E-state index < -0.39 is 0 Å². The van der Waals surface area contributed by atoms with Crippen molar-refractivity contribution in [1.29, 1.82) is 0 Å². The molecular weight excluding hydrogens is 268 g/mol. The predicted octanol–water partition coefficient (Wildman–Crippen LogP) is 1.91. The van der Waals surface area contributed by atoms with Gasteiger partial charge in [0, 0.05) is 6.54 Å². The van der Waals surface area contributed by atoms with Gasteiger partial charge in [0.2, 0.25) is 5.95 Å². The van der Waals surface area contributed by atoms with Crippen LogP contribution in [0, 0.1) is 0 Å². The Bertz CT molecular complexity index is 641. The lowest BCUT2D eigenvalue weighted by atomic mass is 9.95. The van der Waals surface area contributed by atoms with Gasteiger partial charge in [-0.1, -0.05) is 6.92 Å². The van der Waals surface area contributed by atoms with Crippen LogP contribution < -0.4 is 10.6 Å². The molecule has 0 aromatic carbocycles. The number of nitrogens with one attached hydrogen (secondary N) is 3. The predicted molar refractivity (Wildman–Crippen MR) is 80.4 cm³/mol. The van der Waals surface area contributed by atoms with Crippen molar-refractivity contribution in [3.63, 3.8) is 0 Å². The van der Waals surface area contributed by atoms with Crippen LogP contribution in [0.2, 0.25) is 0 Å². The smallest absolute Gasteiger partial charge is 0.226 e. The third-order valence-electron chi connectivity index (χ3n) is 4.27. The van der Waals surface area contributed by atoms with Crippen LogP contribution in [0.3, 0.4) is 0 Å². The Kier molecular flexibility index (Phi) is 3.14. The topological polar surface area (TPSA) is 87.8 Å². The highest BCUT2D eigenvalue weighted by Crippen LogP contribution is 2.36. The Morgan fingerprint density at radius 1 is 1.38 bits per heavy atom. The molecule has 0 radical (unpaired) electrons. The number of aromatic amines is 1. The molecule has 0 aliphatic carbocycles. The number of rotatable bonds is 5. The molecule has 0 saturated carbocycles. The second kappa shape index (κ2) is 5.14. The van der Waals surface area contributed by atoms with E-state index in [1.54, 1.807) is 6.20 Å². The molecule has 0 amide bonds. The Morgan fingerprint density at radius 3 is 3.10 bits per heavy atom. The van der Waals surface area contributed by atoms with E-state index in [-0.39, 0.29) is 0 Å². The van der Waals surface area contributed by atoms with Crippen molar-refractivity contribution >= 4 is 22.8 Å². The van der Waals surface area contributed by atoms with E-state index in [4.69, 9.17) is 4.74 Å². The van der Waals surface area contributed by atoms with Crippen LogP contribution in [0.4, 0.5) is 11.8 Å². The summed E-state index contributed by atoms with van der Waals surface area (Å²) in [5.74, 6) is 1.48. The maximum Gasteiger partial charge on any atom is 0.226 e. The molecule has 2 bridgehead atoms. The molecule has 3 unspecified atom stereocenters. The Balaban J connectivity index is 1.61. The van der Waals surface area contributed by atoms with Gasteiger partial charge in [-0.05, 0) is 25.7 Å². The maximum atomic E-state index is 5.90. The molecule has 4 rings (SSSR count). The van der Waals surface area contributed by atoms with Gasteiger partial charge in [0.15, 0.2) is 5.65 Å². The summed E-state index contributed by atoms with van der Waals surface area (Å²) in [5, 5.41) is 14.7. The summed E-state index contributed by atoms with van der Waals surface area (Å²) < 4.78 is 5.90. The van der Waals surface area contributed by atoms with Crippen molar-refractivity contribution in [2.75, 3.05) is 17.2 Å². The van der Waals surface area contributed by atoms with Gasteiger partial charge in [0.25, 0.3) is 0 Å². The summed E-state index contributed by atoms with van der Waals surface area (Å²) in [4.78, 5) is 9.05. The first-order valence-electron chi connectivity index (χ1n) is 7.70. The zero-order valence-electron chi connectivity index (χ0n) is 12.1. The van der Waals surface area contributed by atoms with Crippen LogP contribution in [-0.2, 0) is 4.74 Å². The largest absolute Gasteiger partial charge is 0.373 e. The van der Waals surface area contributed by atoms with Crippen LogP contribution >= 0.6 is 0 Å². The zero-order chi connectivity index (χ0) is 14.2. The second-order valence-corrected chi connectivity index (χ2v) is 5.82. The standard InChI is InChI=1S/C14H20N6O/c1-2-5-15-14-18-12(9-7-16-20-13(9)19-14)17-10-6-8-3-4-11(10)21-8/h7-8,10-11H,2-6H2,1H3,(H3,15,16,17,18,19,20). The molecule has 0 spiro atoms. The summed E-state index contributed by atoms with van der Waals surface area (Å²) >= 11 is 0. The van der Waals surface area contributed by atoms with E-state index >= 15 is 0 Å². The first-order valence-corrected chi connectivity index (χ1v) is 7.70. The number of aromatic nitrogens is 4. The molecule has 7 heteroatoms. The van der Waals surface area contributed by atoms with Crippen LogP contribution in [0.5, 0.6) is 0 Å². The third-order valence-corrected chi connectivity index (χ3v) is 4.27. The number of nitrogens with zero attached hydrogens (tertiary/aromatic N) is 3. The Labute approximate surface area is 122 Å². The van der Waals surface area contributed by atoms with Gasteiger partial charge >= 0.3 is 0 Å². The summed E-state index contributed by atoms with van der Waals surface area (Å²) in [6.45, 7) is 2.98. The zero-order valence-corrected chi connectivity index (χ0v) is 12.1. The molecule has 112 valence electrons. The van der Waals surface area contributed by atoms with Gasteiger partial charge in [0.1, 0.15) is 5.82 Å². The fourth-order valence-electron chi connectivity index (χ4n) is 3.23.